The lowest BCUT2D eigenvalue weighted by atomic mass is 10.1. The van der Waals surface area contributed by atoms with Crippen molar-refractivity contribution in [2.24, 2.45) is 5.10 Å². The van der Waals surface area contributed by atoms with Gasteiger partial charge < -0.3 is 20.6 Å². The second-order valence-corrected chi connectivity index (χ2v) is 6.85. The number of carbonyl (C=O) groups is 3. The van der Waals surface area contributed by atoms with Gasteiger partial charge in [0, 0.05) is 50.4 Å². The molecule has 0 saturated heterocycles. The summed E-state index contributed by atoms with van der Waals surface area (Å²) in [5.74, 6) is -0.997. The molecule has 0 saturated carbocycles. The van der Waals surface area contributed by atoms with E-state index in [2.05, 4.69) is 21.2 Å². The number of nitrogens with one attached hydrogen (secondary N) is 3. The largest absolute Gasteiger partial charge is 0.395 e. The van der Waals surface area contributed by atoms with Gasteiger partial charge in [0.1, 0.15) is 0 Å². The molecule has 164 valence electrons. The number of nitrogens with zero attached hydrogens (tertiary/aromatic N) is 2. The molecule has 2 aromatic carbocycles. The number of amides is 3. The Hall–Kier alpha value is -3.72. The molecule has 0 bridgehead atoms. The van der Waals surface area contributed by atoms with Crippen LogP contribution in [0.25, 0.3) is 0 Å². The molecule has 0 spiro atoms. The monoisotopic (exact) mass is 425 g/mol. The molecule has 0 radical (unpaired) electrons. The molecule has 9 nitrogen and oxygen atoms in total. The van der Waals surface area contributed by atoms with E-state index in [0.717, 1.165) is 11.3 Å². The van der Waals surface area contributed by atoms with E-state index in [1.165, 1.54) is 24.3 Å². The van der Waals surface area contributed by atoms with Crippen molar-refractivity contribution in [1.29, 1.82) is 0 Å². The van der Waals surface area contributed by atoms with Crippen LogP contribution in [-0.4, -0.2) is 62.8 Å². The van der Waals surface area contributed by atoms with E-state index in [1.54, 1.807) is 6.21 Å². The molecule has 31 heavy (non-hydrogen) atoms. The zero-order chi connectivity index (χ0) is 22.6. The van der Waals surface area contributed by atoms with Crippen molar-refractivity contribution < 1.29 is 19.5 Å². The molecule has 0 aliphatic heterocycles. The van der Waals surface area contributed by atoms with E-state index in [9.17, 15) is 14.4 Å². The van der Waals surface area contributed by atoms with Crippen LogP contribution in [0.3, 0.4) is 0 Å². The highest BCUT2D eigenvalue weighted by Crippen LogP contribution is 2.11. The SMILES string of the molecule is CN(C)c1cccc(/C=N/NC(=O)c2ccc(C(=O)NCCC(=O)NCCO)cc2)c1. The number of hydrazone groups is 1. The Balaban J connectivity index is 1.83. The zero-order valence-corrected chi connectivity index (χ0v) is 17.6. The Morgan fingerprint density at radius 3 is 2.29 bits per heavy atom. The summed E-state index contributed by atoms with van der Waals surface area (Å²) in [4.78, 5) is 37.7. The van der Waals surface area contributed by atoms with E-state index >= 15 is 0 Å². The molecular formula is C22H27N5O4. The summed E-state index contributed by atoms with van der Waals surface area (Å²) in [6.45, 7) is 0.220. The average Bonchev–Trinajstić information content (AvgIpc) is 2.77. The third-order valence-electron chi connectivity index (χ3n) is 4.25. The van der Waals surface area contributed by atoms with Gasteiger partial charge in [-0.25, -0.2) is 5.43 Å². The molecule has 0 heterocycles. The van der Waals surface area contributed by atoms with Crippen molar-refractivity contribution in [3.63, 3.8) is 0 Å². The number of rotatable bonds is 10. The first kappa shape index (κ1) is 23.6. The molecule has 0 atom stereocenters. The molecule has 3 amide bonds. The summed E-state index contributed by atoms with van der Waals surface area (Å²) in [6.07, 6.45) is 1.67. The van der Waals surface area contributed by atoms with Gasteiger partial charge >= 0.3 is 0 Å². The minimum Gasteiger partial charge on any atom is -0.395 e. The van der Waals surface area contributed by atoms with Crippen LogP contribution in [0.2, 0.25) is 0 Å². The quantitative estimate of drug-likeness (QED) is 0.330. The first-order valence-corrected chi connectivity index (χ1v) is 9.77. The fourth-order valence-electron chi connectivity index (χ4n) is 2.56. The number of carbonyl (C=O) groups excluding carboxylic acids is 3. The lowest BCUT2D eigenvalue weighted by Gasteiger charge is -2.12. The Morgan fingerprint density at radius 1 is 0.968 bits per heavy atom. The maximum atomic E-state index is 12.2. The number of hydrogen-bond acceptors (Lipinski definition) is 6. The second kappa shape index (κ2) is 12.1. The molecule has 4 N–H and O–H groups in total. The van der Waals surface area contributed by atoms with E-state index < -0.39 is 5.91 Å². The predicted octanol–water partition coefficient (Wildman–Crippen LogP) is 0.745. The van der Waals surface area contributed by atoms with Crippen molar-refractivity contribution >= 4 is 29.6 Å². The second-order valence-electron chi connectivity index (χ2n) is 6.85. The Bertz CT molecular complexity index is 926. The van der Waals surface area contributed by atoms with Gasteiger partial charge in [-0.2, -0.15) is 5.10 Å². The molecule has 0 unspecified atom stereocenters. The van der Waals surface area contributed by atoms with Gasteiger partial charge in [0.15, 0.2) is 0 Å². The van der Waals surface area contributed by atoms with Crippen LogP contribution in [0, 0.1) is 0 Å². The molecule has 0 aliphatic rings. The van der Waals surface area contributed by atoms with Gasteiger partial charge in [-0.15, -0.1) is 0 Å². The van der Waals surface area contributed by atoms with E-state index in [1.807, 2.05) is 43.3 Å². The van der Waals surface area contributed by atoms with Crippen molar-refractivity contribution in [2.45, 2.75) is 6.42 Å². The van der Waals surface area contributed by atoms with Gasteiger partial charge in [0.2, 0.25) is 5.91 Å². The van der Waals surface area contributed by atoms with Crippen LogP contribution < -0.4 is 21.0 Å². The minimum absolute atomic E-state index is 0.113. The fourth-order valence-corrected chi connectivity index (χ4v) is 2.56. The normalized spacial score (nSPS) is 10.5. The highest BCUT2D eigenvalue weighted by atomic mass is 16.3. The van der Waals surface area contributed by atoms with Crippen LogP contribution in [0.1, 0.15) is 32.7 Å². The molecule has 2 rings (SSSR count). The third kappa shape index (κ3) is 7.90. The summed E-state index contributed by atoms with van der Waals surface area (Å²) < 4.78 is 0. The summed E-state index contributed by atoms with van der Waals surface area (Å²) in [5, 5.41) is 17.8. The molecule has 0 fully saturated rings. The van der Waals surface area contributed by atoms with Crippen molar-refractivity contribution in [3.8, 4) is 0 Å². The van der Waals surface area contributed by atoms with E-state index in [4.69, 9.17) is 5.11 Å². The summed E-state index contributed by atoms with van der Waals surface area (Å²) >= 11 is 0. The van der Waals surface area contributed by atoms with Crippen LogP contribution in [0.5, 0.6) is 0 Å². The number of anilines is 1. The molecule has 9 heteroatoms. The van der Waals surface area contributed by atoms with Crippen molar-refractivity contribution in [3.05, 3.63) is 65.2 Å². The third-order valence-corrected chi connectivity index (χ3v) is 4.25. The summed E-state index contributed by atoms with van der Waals surface area (Å²) in [7, 11) is 3.88. The van der Waals surface area contributed by atoms with Gasteiger partial charge in [-0.1, -0.05) is 12.1 Å². The minimum atomic E-state index is -0.396. The number of aliphatic hydroxyl groups is 1. The lowest BCUT2D eigenvalue weighted by Crippen LogP contribution is -2.32. The highest BCUT2D eigenvalue weighted by Gasteiger charge is 2.09. The Morgan fingerprint density at radius 2 is 1.65 bits per heavy atom. The summed E-state index contributed by atoms with van der Waals surface area (Å²) in [5.41, 5.74) is 5.07. The fraction of sp³-hybridized carbons (Fsp3) is 0.273. The van der Waals surface area contributed by atoms with Crippen molar-refractivity contribution in [1.82, 2.24) is 16.1 Å². The van der Waals surface area contributed by atoms with Gasteiger partial charge in [0.25, 0.3) is 11.8 Å². The maximum absolute atomic E-state index is 12.2. The average molecular weight is 425 g/mol. The molecule has 2 aromatic rings. The molecule has 0 aliphatic carbocycles. The van der Waals surface area contributed by atoms with E-state index in [0.29, 0.717) is 11.1 Å². The topological polar surface area (TPSA) is 123 Å². The lowest BCUT2D eigenvalue weighted by molar-refractivity contribution is -0.121. The Kier molecular flexibility index (Phi) is 9.18. The number of hydrogen-bond donors (Lipinski definition) is 4. The van der Waals surface area contributed by atoms with Crippen LogP contribution >= 0.6 is 0 Å². The smallest absolute Gasteiger partial charge is 0.271 e. The molecule has 0 aromatic heterocycles. The predicted molar refractivity (Wildman–Crippen MR) is 119 cm³/mol. The van der Waals surface area contributed by atoms with E-state index in [-0.39, 0.29) is 37.9 Å². The molecular weight excluding hydrogens is 398 g/mol. The first-order chi connectivity index (χ1) is 14.9. The van der Waals surface area contributed by atoms with Gasteiger partial charge in [-0.05, 0) is 42.0 Å². The number of aliphatic hydroxyl groups excluding tert-OH is 1. The van der Waals surface area contributed by atoms with Gasteiger partial charge in [-0.3, -0.25) is 14.4 Å². The van der Waals surface area contributed by atoms with Gasteiger partial charge in [0.05, 0.1) is 12.8 Å². The van der Waals surface area contributed by atoms with Crippen LogP contribution in [-0.2, 0) is 4.79 Å². The standard InChI is InChI=1S/C22H27N5O4/c1-27(2)19-5-3-4-16(14-19)15-25-26-22(31)18-8-6-17(7-9-18)21(30)24-11-10-20(29)23-12-13-28/h3-9,14-15,28H,10-13H2,1-2H3,(H,23,29)(H,24,30)(H,26,31)/b25-15+. The first-order valence-electron chi connectivity index (χ1n) is 9.77. The maximum Gasteiger partial charge on any atom is 0.271 e. The van der Waals surface area contributed by atoms with Crippen LogP contribution in [0.4, 0.5) is 5.69 Å². The zero-order valence-electron chi connectivity index (χ0n) is 17.6. The highest BCUT2D eigenvalue weighted by molar-refractivity contribution is 5.98. The number of benzene rings is 2. The van der Waals surface area contributed by atoms with Crippen molar-refractivity contribution in [2.75, 3.05) is 38.7 Å². The Labute approximate surface area is 181 Å². The summed E-state index contributed by atoms with van der Waals surface area (Å²) in [6, 6.07) is 13.8. The van der Waals surface area contributed by atoms with Crippen LogP contribution in [0.15, 0.2) is 53.6 Å².